The van der Waals surface area contributed by atoms with Crippen LogP contribution in [0.25, 0.3) is 0 Å². The molecule has 0 fully saturated rings. The molecule has 3 nitrogen and oxygen atoms in total. The highest BCUT2D eigenvalue weighted by atomic mass is 35.5. The topological polar surface area (TPSA) is 38.7 Å². The highest BCUT2D eigenvalue weighted by Crippen LogP contribution is 2.33. The molecule has 2 rings (SSSR count). The molecule has 0 aliphatic carbocycles. The van der Waals surface area contributed by atoms with Gasteiger partial charge < -0.3 is 14.6 Å². The Kier molecular flexibility index (Phi) is 7.87. The molecule has 1 N–H and O–H groups in total. The van der Waals surface area contributed by atoms with Crippen LogP contribution in [0.1, 0.15) is 25.0 Å². The molecule has 2 atom stereocenters. The van der Waals surface area contributed by atoms with Crippen molar-refractivity contribution in [3.8, 4) is 11.5 Å². The molecule has 27 heavy (non-hydrogen) atoms. The van der Waals surface area contributed by atoms with Crippen molar-refractivity contribution in [2.45, 2.75) is 31.5 Å². The van der Waals surface area contributed by atoms with Gasteiger partial charge >= 0.3 is 0 Å². The lowest BCUT2D eigenvalue weighted by Gasteiger charge is -2.26. The second kappa shape index (κ2) is 9.90. The van der Waals surface area contributed by atoms with Crippen LogP contribution in [-0.4, -0.2) is 43.2 Å². The number of rotatable bonds is 10. The molecule has 0 aliphatic rings. The molecule has 0 aliphatic heterocycles. The molecular weight excluding hydrogens is 374 g/mol. The lowest BCUT2D eigenvalue weighted by molar-refractivity contribution is 0.125. The Bertz CT molecular complexity index is 630. The summed E-state index contributed by atoms with van der Waals surface area (Å²) in [5.41, 5.74) is 1.87. The van der Waals surface area contributed by atoms with Crippen LogP contribution in [0.15, 0.2) is 48.5 Å². The number of hydrogen-bond acceptors (Lipinski definition) is 3. The van der Waals surface area contributed by atoms with E-state index in [1.54, 1.807) is 12.1 Å². The largest absolute Gasteiger partial charge is 0.491 e. The van der Waals surface area contributed by atoms with Crippen molar-refractivity contribution in [1.82, 2.24) is 0 Å². The maximum Gasteiger partial charge on any atom is 0.162 e. The van der Waals surface area contributed by atoms with E-state index in [9.17, 15) is 13.9 Å². The summed E-state index contributed by atoms with van der Waals surface area (Å²) in [5.74, 6) is 1.30. The van der Waals surface area contributed by atoms with Crippen LogP contribution in [0, 0.1) is 0 Å². The van der Waals surface area contributed by atoms with Crippen LogP contribution in [0.5, 0.6) is 11.5 Å². The molecule has 0 bridgehead atoms. The Morgan fingerprint density at radius 1 is 0.926 bits per heavy atom. The van der Waals surface area contributed by atoms with Crippen LogP contribution >= 0.6 is 11.6 Å². The molecule has 0 saturated carbocycles. The van der Waals surface area contributed by atoms with Crippen LogP contribution in [0.2, 0.25) is 0 Å². The molecule has 2 aromatic rings. The summed E-state index contributed by atoms with van der Waals surface area (Å²) in [6, 6.07) is 15.0. The van der Waals surface area contributed by atoms with E-state index in [4.69, 9.17) is 21.1 Å². The fraction of sp³-hybridized carbons (Fsp3) is 0.429. The van der Waals surface area contributed by atoms with Gasteiger partial charge in [0, 0.05) is 5.41 Å². The third-order valence-electron chi connectivity index (χ3n) is 4.37. The minimum Gasteiger partial charge on any atom is -0.491 e. The van der Waals surface area contributed by atoms with Crippen molar-refractivity contribution in [2.75, 3.05) is 25.8 Å². The summed E-state index contributed by atoms with van der Waals surface area (Å²) in [6.45, 7) is 3.00. The average molecular weight is 399 g/mol. The van der Waals surface area contributed by atoms with E-state index in [0.717, 1.165) is 11.1 Å². The zero-order chi connectivity index (χ0) is 19.9. The standard InChI is InChI=1S/C21H25ClF2O3/c1-21(2,15-3-7-19(8-4-15)26-13-17(24)12-23)16-5-9-20(10-6-16)27-14-18(25)11-22/h3-10,17-18,25H,11-14H2,1-2H3. The van der Waals surface area contributed by atoms with E-state index in [1.807, 2.05) is 36.4 Å². The molecule has 0 aromatic heterocycles. The van der Waals surface area contributed by atoms with Gasteiger partial charge in [-0.15, -0.1) is 11.6 Å². The number of alkyl halides is 3. The van der Waals surface area contributed by atoms with Gasteiger partial charge in [0.1, 0.15) is 37.5 Å². The molecule has 0 heterocycles. The van der Waals surface area contributed by atoms with Gasteiger partial charge in [0.2, 0.25) is 0 Å². The quantitative estimate of drug-likeness (QED) is 0.591. The van der Waals surface area contributed by atoms with Gasteiger partial charge in [0.15, 0.2) is 6.17 Å². The van der Waals surface area contributed by atoms with Crippen LogP contribution < -0.4 is 9.47 Å². The van der Waals surface area contributed by atoms with E-state index in [-0.39, 0.29) is 24.5 Å². The first-order chi connectivity index (χ1) is 12.9. The Labute approximate surface area is 163 Å². The maximum atomic E-state index is 12.9. The van der Waals surface area contributed by atoms with Gasteiger partial charge in [-0.05, 0) is 35.4 Å². The number of halogens is 3. The second-order valence-electron chi connectivity index (χ2n) is 6.86. The number of ether oxygens (including phenoxy) is 2. The highest BCUT2D eigenvalue weighted by Gasteiger charge is 2.23. The van der Waals surface area contributed by atoms with Gasteiger partial charge in [-0.25, -0.2) is 8.78 Å². The summed E-state index contributed by atoms with van der Waals surface area (Å²) in [4.78, 5) is 0. The summed E-state index contributed by atoms with van der Waals surface area (Å²) in [5, 5.41) is 9.45. The Morgan fingerprint density at radius 2 is 1.37 bits per heavy atom. The predicted octanol–water partition coefficient (Wildman–Crippen LogP) is 4.68. The van der Waals surface area contributed by atoms with E-state index in [0.29, 0.717) is 11.5 Å². The Balaban J connectivity index is 2.04. The number of aliphatic hydroxyl groups excluding tert-OH is 1. The number of aliphatic hydroxyl groups is 1. The minimum absolute atomic E-state index is 0.130. The fourth-order valence-corrected chi connectivity index (χ4v) is 2.66. The smallest absolute Gasteiger partial charge is 0.162 e. The zero-order valence-electron chi connectivity index (χ0n) is 15.5. The van der Waals surface area contributed by atoms with Crippen molar-refractivity contribution in [2.24, 2.45) is 0 Å². The summed E-state index contributed by atoms with van der Waals surface area (Å²) in [6.07, 6.45) is -2.30. The van der Waals surface area contributed by atoms with E-state index >= 15 is 0 Å². The van der Waals surface area contributed by atoms with E-state index in [2.05, 4.69) is 13.8 Å². The molecule has 6 heteroatoms. The van der Waals surface area contributed by atoms with Crippen molar-refractivity contribution in [3.05, 3.63) is 59.7 Å². The third kappa shape index (κ3) is 6.08. The van der Waals surface area contributed by atoms with Gasteiger partial charge in [0.05, 0.1) is 5.88 Å². The van der Waals surface area contributed by atoms with E-state index < -0.39 is 19.0 Å². The summed E-state index contributed by atoms with van der Waals surface area (Å²) >= 11 is 5.55. The van der Waals surface area contributed by atoms with Gasteiger partial charge in [-0.1, -0.05) is 38.1 Å². The lowest BCUT2D eigenvalue weighted by atomic mass is 9.78. The average Bonchev–Trinajstić information content (AvgIpc) is 2.70. The molecule has 0 spiro atoms. The highest BCUT2D eigenvalue weighted by molar-refractivity contribution is 6.18. The normalized spacial score (nSPS) is 13.9. The zero-order valence-corrected chi connectivity index (χ0v) is 16.3. The summed E-state index contributed by atoms with van der Waals surface area (Å²) in [7, 11) is 0. The van der Waals surface area contributed by atoms with Crippen LogP contribution in [0.3, 0.4) is 0 Å². The van der Waals surface area contributed by atoms with Crippen molar-refractivity contribution < 1.29 is 23.4 Å². The molecule has 148 valence electrons. The Morgan fingerprint density at radius 3 is 1.78 bits per heavy atom. The third-order valence-corrected chi connectivity index (χ3v) is 4.73. The number of hydrogen-bond donors (Lipinski definition) is 1. The SMILES string of the molecule is CC(C)(c1ccc(OCC(O)CCl)cc1)c1ccc(OCC(F)CF)cc1. The molecule has 0 amide bonds. The first-order valence-electron chi connectivity index (χ1n) is 8.77. The predicted molar refractivity (Wildman–Crippen MR) is 104 cm³/mol. The molecule has 2 aromatic carbocycles. The molecule has 0 radical (unpaired) electrons. The van der Waals surface area contributed by atoms with Gasteiger partial charge in [0.25, 0.3) is 0 Å². The minimum atomic E-state index is -1.60. The van der Waals surface area contributed by atoms with Crippen molar-refractivity contribution >= 4 is 11.6 Å². The first kappa shape index (κ1) is 21.5. The Hall–Kier alpha value is -1.85. The molecular formula is C21H25ClF2O3. The molecule has 2 unspecified atom stereocenters. The summed E-state index contributed by atoms with van der Waals surface area (Å²) < 4.78 is 35.8. The fourth-order valence-electron chi connectivity index (χ4n) is 2.57. The van der Waals surface area contributed by atoms with Crippen molar-refractivity contribution in [1.29, 1.82) is 0 Å². The first-order valence-corrected chi connectivity index (χ1v) is 9.31. The van der Waals surface area contributed by atoms with Crippen LogP contribution in [0.4, 0.5) is 8.78 Å². The van der Waals surface area contributed by atoms with Gasteiger partial charge in [-0.2, -0.15) is 0 Å². The van der Waals surface area contributed by atoms with Crippen LogP contribution in [-0.2, 0) is 5.41 Å². The van der Waals surface area contributed by atoms with Crippen molar-refractivity contribution in [3.63, 3.8) is 0 Å². The monoisotopic (exact) mass is 398 g/mol. The maximum absolute atomic E-state index is 12.9. The number of benzene rings is 2. The second-order valence-corrected chi connectivity index (χ2v) is 7.16. The lowest BCUT2D eigenvalue weighted by Crippen LogP contribution is -2.20. The molecule has 0 saturated heterocycles. The van der Waals surface area contributed by atoms with Gasteiger partial charge in [-0.3, -0.25) is 0 Å². The van der Waals surface area contributed by atoms with E-state index in [1.165, 1.54) is 0 Å².